The van der Waals surface area contributed by atoms with Crippen LogP contribution in [0.3, 0.4) is 0 Å². The van der Waals surface area contributed by atoms with E-state index in [-0.39, 0.29) is 110 Å². The number of rotatable bonds is 17. The molecule has 4 aliphatic carbocycles. The standard InChI is InChI=1S/C23H32N2O5.C18H22N4O3.C18H23NO3.C13H23NO4.5H2S/c1-22(2,3)30-20(27)24-18(23(4)12-8-9-13-23)19(26)25-17(15-29-21(25)28)14-16-10-6-5-7-11-16;1-18(9-5-6-10-18)15(20-21-19)16(23)22-14(12-25-17(22)24)11-13-7-3-2-4-8-13;1-18(9-5-6-10-18)12-16(20)19-15(13-22-17(19)21)11-14-7-3-2-4-8-14;1-12(2,3)18-11(17)14-9(10(15)16)13(4)7-5-6-8-13;;;;;/h5-7,10-11,17-18H,8-9,12-15H2,1-4H3,(H,24,27);2-4,7-8,14-15H,5-6,9-12H2,1H3;2-4,7-8,15H,5-6,9-13H2,1H3;9H,5-8H2,1-4H3,(H,14,17)(H,15,16);5*1H2/t17-,18+;14-,15+;15-;9-;;;;;/m0001...../s1. The van der Waals surface area contributed by atoms with Crippen LogP contribution in [0.2, 0.25) is 0 Å². The highest BCUT2D eigenvalue weighted by atomic mass is 32.1. The summed E-state index contributed by atoms with van der Waals surface area (Å²) in [6.07, 6.45) is 14.4. The lowest BCUT2D eigenvalue weighted by Crippen LogP contribution is -2.58. The third kappa shape index (κ3) is 25.2. The molecule has 0 unspecified atom stereocenters. The second-order valence-corrected chi connectivity index (χ2v) is 29.8. The number of carbonyl (C=O) groups excluding carboxylic acids is 8. The Labute approximate surface area is 625 Å². The molecule has 558 valence electrons. The Kier molecular flexibility index (Phi) is 35.7. The van der Waals surface area contributed by atoms with Crippen molar-refractivity contribution in [3.63, 3.8) is 0 Å². The van der Waals surface area contributed by atoms with Crippen LogP contribution in [0, 0.1) is 21.7 Å². The maximum Gasteiger partial charge on any atom is 0.417 e. The number of hydrogen-bond acceptors (Lipinski definition) is 15. The van der Waals surface area contributed by atoms with Gasteiger partial charge in [-0.15, -0.1) is 0 Å². The van der Waals surface area contributed by atoms with E-state index in [4.69, 9.17) is 29.2 Å². The van der Waals surface area contributed by atoms with Gasteiger partial charge < -0.3 is 39.4 Å². The molecule has 100 heavy (non-hydrogen) atoms. The molecule has 6 atom stereocenters. The van der Waals surface area contributed by atoms with Crippen LogP contribution in [-0.4, -0.2) is 141 Å². The van der Waals surface area contributed by atoms with E-state index in [0.29, 0.717) is 32.3 Å². The number of carboxylic acids is 1. The van der Waals surface area contributed by atoms with Crippen molar-refractivity contribution < 1.29 is 71.9 Å². The zero-order chi connectivity index (χ0) is 69.4. The molecule has 0 spiro atoms. The lowest BCUT2D eigenvalue weighted by molar-refractivity contribution is -0.143. The van der Waals surface area contributed by atoms with Gasteiger partial charge in [-0.3, -0.25) is 14.4 Å². The zero-order valence-electron chi connectivity index (χ0n) is 59.7. The number of azide groups is 1. The molecule has 3 aromatic rings. The van der Waals surface area contributed by atoms with E-state index in [1.54, 1.807) is 41.5 Å². The summed E-state index contributed by atoms with van der Waals surface area (Å²) < 4.78 is 26.0. The minimum Gasteiger partial charge on any atom is -0.480 e. The number of hydrogen-bond donors (Lipinski definition) is 3. The number of aliphatic carboxylic acids is 1. The van der Waals surface area contributed by atoms with Crippen LogP contribution in [0.15, 0.2) is 96.1 Å². The van der Waals surface area contributed by atoms with E-state index >= 15 is 0 Å². The molecule has 23 nitrogen and oxygen atoms in total. The van der Waals surface area contributed by atoms with E-state index in [9.17, 15) is 48.3 Å². The molecule has 0 radical (unpaired) electrons. The number of carbonyl (C=O) groups is 9. The van der Waals surface area contributed by atoms with E-state index in [1.807, 2.05) is 112 Å². The summed E-state index contributed by atoms with van der Waals surface area (Å²) in [6.45, 7) is 19.2. The van der Waals surface area contributed by atoms with E-state index < -0.39 is 94.4 Å². The first-order chi connectivity index (χ1) is 44.9. The summed E-state index contributed by atoms with van der Waals surface area (Å²) in [4.78, 5) is 118. The van der Waals surface area contributed by atoms with Crippen LogP contribution in [0.5, 0.6) is 0 Å². The van der Waals surface area contributed by atoms with Crippen molar-refractivity contribution in [2.24, 2.45) is 26.8 Å². The molecule has 7 aliphatic rings. The van der Waals surface area contributed by atoms with Gasteiger partial charge in [0.2, 0.25) is 11.8 Å². The second kappa shape index (κ2) is 39.8. The topological polar surface area (TPSA) is 303 Å². The SMILES string of the molecule is CC(C)(C)OC(=O)N[C@H](C(=O)N1C(=O)OC[C@@H]1Cc1ccccc1)C1(C)CCCC1.CC(C)(C)OC(=O)N[C@H](C(=O)O)C1(C)CCCC1.CC1(CC(=O)N2C(=O)OC[C@@H]2Cc2ccccc2)CCCC1.CC1([C@H](N=[N+]=[N-])C(=O)N2C(=O)OC[C@@H]2Cc2ccccc2)CCCC1.S.S.S.S.S. The molecular formula is C72H110N8O15S5. The van der Waals surface area contributed by atoms with Crippen LogP contribution in [0.25, 0.3) is 10.4 Å². The molecule has 3 saturated heterocycles. The van der Waals surface area contributed by atoms with Crippen LogP contribution in [0.4, 0.5) is 24.0 Å². The van der Waals surface area contributed by atoms with Gasteiger partial charge in [0.25, 0.3) is 5.91 Å². The molecule has 7 fully saturated rings. The van der Waals surface area contributed by atoms with Crippen molar-refractivity contribution >= 4 is 122 Å². The van der Waals surface area contributed by atoms with Gasteiger partial charge >= 0.3 is 36.4 Å². The number of ether oxygens (including phenoxy) is 5. The summed E-state index contributed by atoms with van der Waals surface area (Å²) in [6, 6.07) is 25.7. The third-order valence-electron chi connectivity index (χ3n) is 19.5. The van der Waals surface area contributed by atoms with E-state index in [0.717, 1.165) is 111 Å². The molecule has 0 bridgehead atoms. The Morgan fingerprint density at radius 3 is 1.17 bits per heavy atom. The van der Waals surface area contributed by atoms with Gasteiger partial charge in [-0.05, 0) is 156 Å². The molecule has 10 rings (SSSR count). The van der Waals surface area contributed by atoms with Crippen molar-refractivity contribution in [3.8, 4) is 0 Å². The number of benzene rings is 3. The Hall–Kier alpha value is -6.45. The van der Waals surface area contributed by atoms with Gasteiger partial charge in [-0.2, -0.15) is 67.5 Å². The molecule has 28 heteroatoms. The van der Waals surface area contributed by atoms with E-state index in [2.05, 4.69) is 27.6 Å². The molecule has 3 aliphatic heterocycles. The van der Waals surface area contributed by atoms with Gasteiger partial charge in [-0.1, -0.05) is 175 Å². The highest BCUT2D eigenvalue weighted by molar-refractivity contribution is 7.60. The molecule has 3 aromatic carbocycles. The minimum absolute atomic E-state index is 0. The first kappa shape index (κ1) is 89.6. The second-order valence-electron chi connectivity index (χ2n) is 29.8. The van der Waals surface area contributed by atoms with Crippen molar-refractivity contribution in [3.05, 3.63) is 118 Å². The quantitative estimate of drug-likeness (QED) is 0.0490. The maximum absolute atomic E-state index is 13.6. The number of nitrogens with zero attached hydrogens (tertiary/aromatic N) is 6. The fourth-order valence-electron chi connectivity index (χ4n) is 14.3. The summed E-state index contributed by atoms with van der Waals surface area (Å²) in [5.41, 5.74) is 9.64. The van der Waals surface area contributed by atoms with E-state index in [1.165, 1.54) is 22.6 Å². The van der Waals surface area contributed by atoms with Crippen molar-refractivity contribution in [2.45, 2.75) is 245 Å². The Morgan fingerprint density at radius 2 is 0.820 bits per heavy atom. The zero-order valence-corrected chi connectivity index (χ0v) is 64.7. The van der Waals surface area contributed by atoms with Crippen LogP contribution < -0.4 is 10.6 Å². The fourth-order valence-corrected chi connectivity index (χ4v) is 14.3. The summed E-state index contributed by atoms with van der Waals surface area (Å²) in [5.74, 6) is -1.93. The number of imide groups is 3. The minimum atomic E-state index is -0.995. The lowest BCUT2D eigenvalue weighted by atomic mass is 9.79. The predicted molar refractivity (Wildman–Crippen MR) is 406 cm³/mol. The monoisotopic (exact) mass is 1490 g/mol. The molecule has 8 amide bonds. The number of amides is 8. The van der Waals surface area contributed by atoms with Crippen LogP contribution in [-0.2, 0) is 62.1 Å². The largest absolute Gasteiger partial charge is 0.480 e. The maximum atomic E-state index is 13.6. The summed E-state index contributed by atoms with van der Waals surface area (Å²) in [7, 11) is 0. The van der Waals surface area contributed by atoms with Crippen LogP contribution >= 0.6 is 67.5 Å². The van der Waals surface area contributed by atoms with Crippen LogP contribution in [0.1, 0.15) is 195 Å². The molecule has 3 N–H and O–H groups in total. The number of carboxylic acid groups (broad SMARTS) is 1. The fraction of sp³-hybridized carbons (Fsp3) is 0.625. The lowest BCUT2D eigenvalue weighted by Gasteiger charge is -2.36. The Morgan fingerprint density at radius 1 is 0.510 bits per heavy atom. The average molecular weight is 1490 g/mol. The van der Waals surface area contributed by atoms with Gasteiger partial charge in [0.05, 0.1) is 18.1 Å². The van der Waals surface area contributed by atoms with Crippen molar-refractivity contribution in [1.82, 2.24) is 25.3 Å². The number of alkyl carbamates (subject to hydrolysis) is 2. The normalized spacial score (nSPS) is 21.1. The molecule has 3 heterocycles. The highest BCUT2D eigenvalue weighted by Gasteiger charge is 2.51. The number of nitrogens with one attached hydrogen (secondary N) is 2. The van der Waals surface area contributed by atoms with Gasteiger partial charge in [0.15, 0.2) is 0 Å². The Balaban J connectivity index is 0.000000453. The smallest absolute Gasteiger partial charge is 0.417 e. The van der Waals surface area contributed by atoms with Crippen molar-refractivity contribution in [2.75, 3.05) is 19.8 Å². The summed E-state index contributed by atoms with van der Waals surface area (Å²) in [5, 5.41) is 18.3. The average Bonchev–Trinajstić information content (AvgIpc) is 1.58. The highest BCUT2D eigenvalue weighted by Crippen LogP contribution is 2.45. The first-order valence-corrected chi connectivity index (χ1v) is 33.7. The summed E-state index contributed by atoms with van der Waals surface area (Å²) >= 11 is 0. The molecule has 0 aromatic heterocycles. The Bertz CT molecular complexity index is 3210. The molecular weight excluding hydrogens is 1380 g/mol. The van der Waals surface area contributed by atoms with Gasteiger partial charge in [0, 0.05) is 11.3 Å². The first-order valence-electron chi connectivity index (χ1n) is 33.7. The van der Waals surface area contributed by atoms with Gasteiger partial charge in [0.1, 0.15) is 49.1 Å². The third-order valence-corrected chi connectivity index (χ3v) is 19.5. The van der Waals surface area contributed by atoms with Crippen molar-refractivity contribution in [1.29, 1.82) is 0 Å². The number of cyclic esters (lactones) is 3. The van der Waals surface area contributed by atoms with Gasteiger partial charge in [-0.25, -0.2) is 43.5 Å². The predicted octanol–water partition coefficient (Wildman–Crippen LogP) is 14.5. The molecule has 4 saturated carbocycles.